The van der Waals surface area contributed by atoms with E-state index in [1.54, 1.807) is 30.7 Å². The zero-order chi connectivity index (χ0) is 22.9. The molecule has 0 N–H and O–H groups in total. The molecule has 32 heavy (non-hydrogen) atoms. The van der Waals surface area contributed by atoms with Gasteiger partial charge in [0.2, 0.25) is 10.0 Å². The van der Waals surface area contributed by atoms with Crippen molar-refractivity contribution in [3.63, 3.8) is 0 Å². The summed E-state index contributed by atoms with van der Waals surface area (Å²) in [4.78, 5) is 6.11. The summed E-state index contributed by atoms with van der Waals surface area (Å²) in [7, 11) is -0.342. The van der Waals surface area contributed by atoms with E-state index in [1.807, 2.05) is 30.3 Å². The van der Waals surface area contributed by atoms with Gasteiger partial charge < -0.3 is 9.47 Å². The normalized spacial score (nSPS) is 14.4. The van der Waals surface area contributed by atoms with Crippen LogP contribution in [-0.2, 0) is 29.4 Å². The third-order valence-electron chi connectivity index (χ3n) is 5.53. The third kappa shape index (κ3) is 4.53. The molecule has 0 saturated carbocycles. The molecule has 8 heteroatoms. The first-order valence-electron chi connectivity index (χ1n) is 10.6. The first-order chi connectivity index (χ1) is 15.3. The van der Waals surface area contributed by atoms with Crippen LogP contribution in [0, 0.1) is 5.92 Å². The number of fused-ring (bicyclic) bond motifs is 1. The SMILES string of the molecule is COc1ccc(-c2nc3c(s2)CN(S(=O)(=O)c2ccc(CC(C)C)cc2)CC3)cc1OC. The molecule has 1 aliphatic rings. The summed E-state index contributed by atoms with van der Waals surface area (Å²) in [5.41, 5.74) is 3.05. The van der Waals surface area contributed by atoms with Crippen LogP contribution in [-0.4, -0.2) is 38.5 Å². The molecule has 2 aromatic carbocycles. The van der Waals surface area contributed by atoms with Crippen LogP contribution in [0.25, 0.3) is 10.6 Å². The minimum atomic E-state index is -3.55. The van der Waals surface area contributed by atoms with E-state index in [0.29, 0.717) is 41.8 Å². The van der Waals surface area contributed by atoms with Crippen molar-refractivity contribution in [3.8, 4) is 22.1 Å². The van der Waals surface area contributed by atoms with Gasteiger partial charge in [0.25, 0.3) is 0 Å². The van der Waals surface area contributed by atoms with Crippen LogP contribution < -0.4 is 9.47 Å². The molecule has 0 saturated heterocycles. The summed E-state index contributed by atoms with van der Waals surface area (Å²) in [6, 6.07) is 13.0. The maximum absolute atomic E-state index is 13.2. The van der Waals surface area contributed by atoms with Gasteiger partial charge in [-0.15, -0.1) is 11.3 Å². The van der Waals surface area contributed by atoms with Crippen molar-refractivity contribution in [1.82, 2.24) is 9.29 Å². The Bertz CT molecular complexity index is 1200. The number of sulfonamides is 1. The van der Waals surface area contributed by atoms with E-state index < -0.39 is 10.0 Å². The molecule has 3 aromatic rings. The van der Waals surface area contributed by atoms with Gasteiger partial charge in [0.1, 0.15) is 5.01 Å². The summed E-state index contributed by atoms with van der Waals surface area (Å²) in [5.74, 6) is 1.83. The maximum atomic E-state index is 13.2. The number of methoxy groups -OCH3 is 2. The van der Waals surface area contributed by atoms with Gasteiger partial charge in [-0.3, -0.25) is 0 Å². The number of ether oxygens (including phenoxy) is 2. The van der Waals surface area contributed by atoms with Crippen LogP contribution in [0.3, 0.4) is 0 Å². The Hall–Kier alpha value is -2.42. The minimum Gasteiger partial charge on any atom is -0.493 e. The highest BCUT2D eigenvalue weighted by Crippen LogP contribution is 2.37. The highest BCUT2D eigenvalue weighted by molar-refractivity contribution is 7.89. The zero-order valence-corrected chi connectivity index (χ0v) is 20.4. The van der Waals surface area contributed by atoms with Crippen LogP contribution >= 0.6 is 11.3 Å². The van der Waals surface area contributed by atoms with Crippen LogP contribution in [0.5, 0.6) is 11.5 Å². The Morgan fingerprint density at radius 1 is 1.06 bits per heavy atom. The number of rotatable bonds is 7. The van der Waals surface area contributed by atoms with Gasteiger partial charge in [-0.05, 0) is 48.2 Å². The molecule has 0 aliphatic carbocycles. The molecule has 170 valence electrons. The van der Waals surface area contributed by atoms with Crippen molar-refractivity contribution >= 4 is 21.4 Å². The monoisotopic (exact) mass is 472 g/mol. The van der Waals surface area contributed by atoms with Gasteiger partial charge in [-0.2, -0.15) is 4.31 Å². The first kappa shape index (κ1) is 22.8. The summed E-state index contributed by atoms with van der Waals surface area (Å²) in [6.45, 7) is 5.08. The lowest BCUT2D eigenvalue weighted by Gasteiger charge is -2.25. The second-order valence-electron chi connectivity index (χ2n) is 8.29. The number of nitrogens with zero attached hydrogens (tertiary/aromatic N) is 2. The number of aromatic nitrogens is 1. The Morgan fingerprint density at radius 2 is 1.78 bits per heavy atom. The van der Waals surface area contributed by atoms with E-state index in [-0.39, 0.29) is 0 Å². The standard InChI is InChI=1S/C24H28N2O4S2/c1-16(2)13-17-5-8-19(9-6-17)32(27,28)26-12-11-20-23(15-26)31-24(25-20)18-7-10-21(29-3)22(14-18)30-4/h5-10,14,16H,11-13,15H2,1-4H3. The van der Waals surface area contributed by atoms with Crippen LogP contribution in [0.4, 0.5) is 0 Å². The largest absolute Gasteiger partial charge is 0.493 e. The second-order valence-corrected chi connectivity index (χ2v) is 11.3. The summed E-state index contributed by atoms with van der Waals surface area (Å²) < 4.78 is 38.8. The average molecular weight is 473 g/mol. The lowest BCUT2D eigenvalue weighted by atomic mass is 10.0. The molecular weight excluding hydrogens is 444 g/mol. The smallest absolute Gasteiger partial charge is 0.243 e. The fourth-order valence-electron chi connectivity index (χ4n) is 3.89. The van der Waals surface area contributed by atoms with Gasteiger partial charge in [0.05, 0.1) is 31.4 Å². The van der Waals surface area contributed by atoms with E-state index >= 15 is 0 Å². The van der Waals surface area contributed by atoms with Crippen molar-refractivity contribution in [2.45, 2.75) is 38.1 Å². The van der Waals surface area contributed by atoms with Gasteiger partial charge in [-0.1, -0.05) is 26.0 Å². The molecule has 0 amide bonds. The Labute approximate surface area is 193 Å². The van der Waals surface area contributed by atoms with Crippen LogP contribution in [0.2, 0.25) is 0 Å². The van der Waals surface area contributed by atoms with Gasteiger partial charge in [-0.25, -0.2) is 13.4 Å². The molecule has 0 atom stereocenters. The third-order valence-corrected chi connectivity index (χ3v) is 8.52. The fraction of sp³-hybridized carbons (Fsp3) is 0.375. The van der Waals surface area contributed by atoms with E-state index in [1.165, 1.54) is 11.3 Å². The number of hydrogen-bond donors (Lipinski definition) is 0. The van der Waals surface area contributed by atoms with Crippen molar-refractivity contribution in [3.05, 3.63) is 58.6 Å². The Kier molecular flexibility index (Phi) is 6.55. The predicted octanol–water partition coefficient (Wildman–Crippen LogP) is 4.77. The van der Waals surface area contributed by atoms with Gasteiger partial charge >= 0.3 is 0 Å². The highest BCUT2D eigenvalue weighted by atomic mass is 32.2. The molecule has 4 rings (SSSR count). The molecule has 2 heterocycles. The van der Waals surface area contributed by atoms with Gasteiger partial charge in [0, 0.05) is 23.4 Å². The fourth-order valence-corrected chi connectivity index (χ4v) is 6.50. The second kappa shape index (κ2) is 9.21. The number of thiazole rings is 1. The number of benzene rings is 2. The molecular formula is C24H28N2O4S2. The van der Waals surface area contributed by atoms with E-state index in [4.69, 9.17) is 14.5 Å². The van der Waals surface area contributed by atoms with Gasteiger partial charge in [0.15, 0.2) is 11.5 Å². The highest BCUT2D eigenvalue weighted by Gasteiger charge is 2.30. The Balaban J connectivity index is 1.56. The van der Waals surface area contributed by atoms with E-state index in [2.05, 4.69) is 13.8 Å². The quantitative estimate of drug-likeness (QED) is 0.495. The van der Waals surface area contributed by atoms with Crippen molar-refractivity contribution < 1.29 is 17.9 Å². The minimum absolute atomic E-state index is 0.344. The lowest BCUT2D eigenvalue weighted by Crippen LogP contribution is -2.35. The Morgan fingerprint density at radius 3 is 2.44 bits per heavy atom. The topological polar surface area (TPSA) is 68.7 Å². The van der Waals surface area contributed by atoms with E-state index in [9.17, 15) is 8.42 Å². The molecule has 0 spiro atoms. The molecule has 0 bridgehead atoms. The first-order valence-corrected chi connectivity index (χ1v) is 12.9. The molecule has 0 radical (unpaired) electrons. The summed E-state index contributed by atoms with van der Waals surface area (Å²) in [5, 5.41) is 0.855. The number of hydrogen-bond acceptors (Lipinski definition) is 6. The van der Waals surface area contributed by atoms with Crippen molar-refractivity contribution in [2.24, 2.45) is 5.92 Å². The van der Waals surface area contributed by atoms with Crippen molar-refractivity contribution in [2.75, 3.05) is 20.8 Å². The molecule has 0 unspecified atom stereocenters. The molecule has 6 nitrogen and oxygen atoms in total. The van der Waals surface area contributed by atoms with E-state index in [0.717, 1.165) is 33.1 Å². The molecule has 1 aromatic heterocycles. The zero-order valence-electron chi connectivity index (χ0n) is 18.8. The van der Waals surface area contributed by atoms with Crippen molar-refractivity contribution in [1.29, 1.82) is 0 Å². The maximum Gasteiger partial charge on any atom is 0.243 e. The summed E-state index contributed by atoms with van der Waals surface area (Å²) >= 11 is 1.53. The lowest BCUT2D eigenvalue weighted by molar-refractivity contribution is 0.355. The van der Waals surface area contributed by atoms with Crippen LogP contribution in [0.1, 0.15) is 30.0 Å². The molecule has 0 fully saturated rings. The van der Waals surface area contributed by atoms with Crippen LogP contribution in [0.15, 0.2) is 47.4 Å². The molecule has 1 aliphatic heterocycles. The predicted molar refractivity (Wildman–Crippen MR) is 127 cm³/mol. The average Bonchev–Trinajstić information content (AvgIpc) is 3.22. The summed E-state index contributed by atoms with van der Waals surface area (Å²) in [6.07, 6.45) is 1.54.